The Bertz CT molecular complexity index is 976. The van der Waals surface area contributed by atoms with Gasteiger partial charge in [-0.25, -0.2) is 0 Å². The number of rotatable bonds is 6. The van der Waals surface area contributed by atoms with Crippen LogP contribution in [-0.2, 0) is 11.3 Å². The van der Waals surface area contributed by atoms with Crippen LogP contribution in [0.3, 0.4) is 0 Å². The largest absolute Gasteiger partial charge is 0.484 e. The molecule has 2 aromatic carbocycles. The molecular weight excluding hydrogens is 380 g/mol. The molecule has 0 N–H and O–H groups in total. The van der Waals surface area contributed by atoms with Crippen molar-refractivity contribution < 1.29 is 9.53 Å². The normalized spacial score (nSPS) is 14.7. The number of hydrogen-bond donors (Lipinski definition) is 0. The molecule has 30 heavy (non-hydrogen) atoms. The summed E-state index contributed by atoms with van der Waals surface area (Å²) in [4.78, 5) is 16.6. The fourth-order valence-electron chi connectivity index (χ4n) is 3.42. The highest BCUT2D eigenvalue weighted by molar-refractivity contribution is 5.77. The molecule has 0 aliphatic carbocycles. The van der Waals surface area contributed by atoms with Gasteiger partial charge in [0, 0.05) is 26.2 Å². The van der Waals surface area contributed by atoms with E-state index in [1.165, 1.54) is 11.1 Å². The highest BCUT2D eigenvalue weighted by atomic mass is 16.5. The Balaban J connectivity index is 1.28. The smallest absolute Gasteiger partial charge is 0.260 e. The molecule has 1 aliphatic heterocycles. The molecule has 156 valence electrons. The monoisotopic (exact) mass is 406 g/mol. The fourth-order valence-corrected chi connectivity index (χ4v) is 3.42. The third-order valence-electron chi connectivity index (χ3n) is 5.29. The van der Waals surface area contributed by atoms with Crippen molar-refractivity contribution in [3.05, 3.63) is 65.5 Å². The quantitative estimate of drug-likeness (QED) is 0.623. The van der Waals surface area contributed by atoms with Crippen molar-refractivity contribution in [2.75, 3.05) is 32.8 Å². The Labute approximate surface area is 176 Å². The minimum absolute atomic E-state index is 0.0136. The van der Waals surface area contributed by atoms with Crippen LogP contribution in [0.1, 0.15) is 17.0 Å². The van der Waals surface area contributed by atoms with Gasteiger partial charge in [-0.3, -0.25) is 9.69 Å². The van der Waals surface area contributed by atoms with E-state index in [4.69, 9.17) is 4.74 Å². The first kappa shape index (κ1) is 20.0. The average molecular weight is 406 g/mol. The molecule has 0 saturated carbocycles. The average Bonchev–Trinajstić information content (AvgIpc) is 3.22. The molecule has 0 bridgehead atoms. The first-order valence-electron chi connectivity index (χ1n) is 10.1. The van der Waals surface area contributed by atoms with Gasteiger partial charge in [0.15, 0.2) is 12.4 Å². The number of tetrazole rings is 1. The zero-order valence-corrected chi connectivity index (χ0v) is 17.4. The Hall–Kier alpha value is -3.26. The summed E-state index contributed by atoms with van der Waals surface area (Å²) >= 11 is 0. The number of aromatic nitrogens is 4. The summed E-state index contributed by atoms with van der Waals surface area (Å²) in [6.07, 6.45) is 0. The van der Waals surface area contributed by atoms with E-state index in [1.807, 2.05) is 60.4 Å². The Morgan fingerprint density at radius 1 is 0.933 bits per heavy atom. The SMILES string of the molecule is Cc1ccc(OCC(=O)N2CCN(Cc3nnnn3-c3ccc(C)cc3)CC2)cc1. The van der Waals surface area contributed by atoms with Crippen LogP contribution in [0.25, 0.3) is 5.69 Å². The summed E-state index contributed by atoms with van der Waals surface area (Å²) < 4.78 is 7.40. The van der Waals surface area contributed by atoms with E-state index < -0.39 is 0 Å². The van der Waals surface area contributed by atoms with Crippen LogP contribution in [0, 0.1) is 13.8 Å². The van der Waals surface area contributed by atoms with Crippen molar-refractivity contribution in [2.45, 2.75) is 20.4 Å². The summed E-state index contributed by atoms with van der Waals surface area (Å²) in [7, 11) is 0. The maximum atomic E-state index is 12.5. The van der Waals surface area contributed by atoms with E-state index in [1.54, 1.807) is 4.68 Å². The van der Waals surface area contributed by atoms with Gasteiger partial charge in [-0.15, -0.1) is 5.10 Å². The summed E-state index contributed by atoms with van der Waals surface area (Å²) in [5.41, 5.74) is 3.31. The molecule has 0 radical (unpaired) electrons. The first-order chi connectivity index (χ1) is 14.6. The second-order valence-electron chi connectivity index (χ2n) is 7.60. The third-order valence-corrected chi connectivity index (χ3v) is 5.29. The number of hydrogen-bond acceptors (Lipinski definition) is 6. The standard InChI is InChI=1S/C22H26N6O2/c1-17-3-7-19(8-4-17)28-21(23-24-25-28)15-26-11-13-27(14-12-26)22(29)16-30-20-9-5-18(2)6-10-20/h3-10H,11-16H2,1-2H3. The summed E-state index contributed by atoms with van der Waals surface area (Å²) in [5.74, 6) is 1.52. The van der Waals surface area contributed by atoms with E-state index in [2.05, 4.69) is 27.3 Å². The van der Waals surface area contributed by atoms with E-state index in [-0.39, 0.29) is 12.5 Å². The van der Waals surface area contributed by atoms with Crippen molar-refractivity contribution in [1.29, 1.82) is 0 Å². The lowest BCUT2D eigenvalue weighted by Gasteiger charge is -2.34. The number of amides is 1. The number of benzene rings is 2. The van der Waals surface area contributed by atoms with Crippen LogP contribution in [0.2, 0.25) is 0 Å². The molecule has 4 rings (SSSR count). The zero-order chi connectivity index (χ0) is 20.9. The lowest BCUT2D eigenvalue weighted by Crippen LogP contribution is -2.49. The minimum atomic E-state index is 0.0136. The van der Waals surface area contributed by atoms with Crippen LogP contribution in [0.4, 0.5) is 0 Å². The Morgan fingerprint density at radius 3 is 2.23 bits per heavy atom. The lowest BCUT2D eigenvalue weighted by atomic mass is 10.2. The molecule has 1 amide bonds. The minimum Gasteiger partial charge on any atom is -0.484 e. The molecule has 2 heterocycles. The Kier molecular flexibility index (Phi) is 6.04. The number of carbonyl (C=O) groups is 1. The molecule has 3 aromatic rings. The van der Waals surface area contributed by atoms with Gasteiger partial charge in [-0.2, -0.15) is 4.68 Å². The van der Waals surface area contributed by atoms with Crippen molar-refractivity contribution in [1.82, 2.24) is 30.0 Å². The molecule has 0 spiro atoms. The van der Waals surface area contributed by atoms with E-state index in [0.29, 0.717) is 19.6 Å². The van der Waals surface area contributed by atoms with Crippen molar-refractivity contribution in [2.24, 2.45) is 0 Å². The lowest BCUT2D eigenvalue weighted by molar-refractivity contribution is -0.135. The van der Waals surface area contributed by atoms with E-state index in [0.717, 1.165) is 30.4 Å². The van der Waals surface area contributed by atoms with Crippen LogP contribution >= 0.6 is 0 Å². The van der Waals surface area contributed by atoms with Crippen LogP contribution in [0.5, 0.6) is 5.75 Å². The number of ether oxygens (including phenoxy) is 1. The van der Waals surface area contributed by atoms with E-state index in [9.17, 15) is 4.79 Å². The maximum Gasteiger partial charge on any atom is 0.260 e. The zero-order valence-electron chi connectivity index (χ0n) is 17.4. The van der Waals surface area contributed by atoms with Gasteiger partial charge in [0.1, 0.15) is 5.75 Å². The molecule has 1 aliphatic rings. The molecule has 1 aromatic heterocycles. The van der Waals surface area contributed by atoms with Crippen molar-refractivity contribution in [3.63, 3.8) is 0 Å². The van der Waals surface area contributed by atoms with Crippen LogP contribution in [-0.4, -0.2) is 68.7 Å². The molecule has 0 unspecified atom stereocenters. The predicted octanol–water partition coefficient (Wildman–Crippen LogP) is 2.00. The number of piperazine rings is 1. The second-order valence-corrected chi connectivity index (χ2v) is 7.60. The second kappa shape index (κ2) is 9.04. The van der Waals surface area contributed by atoms with Gasteiger partial charge >= 0.3 is 0 Å². The summed E-state index contributed by atoms with van der Waals surface area (Å²) in [6.45, 7) is 7.67. The van der Waals surface area contributed by atoms with Gasteiger partial charge in [0.25, 0.3) is 5.91 Å². The highest BCUT2D eigenvalue weighted by Gasteiger charge is 2.23. The van der Waals surface area contributed by atoms with Gasteiger partial charge in [0.05, 0.1) is 12.2 Å². The molecule has 0 atom stereocenters. The van der Waals surface area contributed by atoms with Crippen LogP contribution in [0.15, 0.2) is 48.5 Å². The molecule has 8 heteroatoms. The van der Waals surface area contributed by atoms with Crippen molar-refractivity contribution >= 4 is 5.91 Å². The summed E-state index contributed by atoms with van der Waals surface area (Å²) in [6, 6.07) is 15.8. The highest BCUT2D eigenvalue weighted by Crippen LogP contribution is 2.14. The molecule has 1 fully saturated rings. The number of carbonyl (C=O) groups excluding carboxylic acids is 1. The van der Waals surface area contributed by atoms with Crippen molar-refractivity contribution in [3.8, 4) is 11.4 Å². The maximum absolute atomic E-state index is 12.5. The van der Waals surface area contributed by atoms with Gasteiger partial charge in [0.2, 0.25) is 0 Å². The fraction of sp³-hybridized carbons (Fsp3) is 0.364. The molecule has 8 nitrogen and oxygen atoms in total. The molecular formula is C22H26N6O2. The first-order valence-corrected chi connectivity index (χ1v) is 10.1. The van der Waals surface area contributed by atoms with Crippen LogP contribution < -0.4 is 4.74 Å². The number of aryl methyl sites for hydroxylation is 2. The topological polar surface area (TPSA) is 76.4 Å². The van der Waals surface area contributed by atoms with Gasteiger partial charge < -0.3 is 9.64 Å². The third kappa shape index (κ3) is 4.83. The molecule has 1 saturated heterocycles. The van der Waals surface area contributed by atoms with Gasteiger partial charge in [-0.05, 0) is 48.5 Å². The number of nitrogens with zero attached hydrogens (tertiary/aromatic N) is 6. The summed E-state index contributed by atoms with van der Waals surface area (Å²) in [5, 5.41) is 12.2. The van der Waals surface area contributed by atoms with E-state index >= 15 is 0 Å². The predicted molar refractivity (Wildman–Crippen MR) is 112 cm³/mol. The Morgan fingerprint density at radius 2 is 1.57 bits per heavy atom. The van der Waals surface area contributed by atoms with Gasteiger partial charge in [-0.1, -0.05) is 35.4 Å².